The molecule has 0 saturated carbocycles. The predicted octanol–water partition coefficient (Wildman–Crippen LogP) is 4.83. The van der Waals surface area contributed by atoms with Crippen molar-refractivity contribution < 1.29 is 9.72 Å². The Morgan fingerprint density at radius 2 is 1.89 bits per heavy atom. The van der Waals surface area contributed by atoms with Gasteiger partial charge in [-0.15, -0.1) is 0 Å². The van der Waals surface area contributed by atoms with E-state index >= 15 is 0 Å². The topological polar surface area (TPSA) is 66.7 Å². The SMILES string of the molecule is CN(C)c1ccc(N2C(=O)/C(=C/c3ccc(Br)c([N+](=O)[O-])c3)SC2=S)cc1. The molecule has 0 aromatic heterocycles. The van der Waals surface area contributed by atoms with E-state index < -0.39 is 4.92 Å². The van der Waals surface area contributed by atoms with Crippen LogP contribution in [0.3, 0.4) is 0 Å². The molecule has 1 fully saturated rings. The number of thioether (sulfide) groups is 1. The van der Waals surface area contributed by atoms with Gasteiger partial charge in [0, 0.05) is 25.8 Å². The van der Waals surface area contributed by atoms with Gasteiger partial charge in [-0.3, -0.25) is 19.8 Å². The molecule has 1 heterocycles. The van der Waals surface area contributed by atoms with E-state index in [1.807, 2.05) is 43.3 Å². The molecule has 9 heteroatoms. The third kappa shape index (κ3) is 4.05. The second kappa shape index (κ2) is 7.79. The minimum Gasteiger partial charge on any atom is -0.378 e. The summed E-state index contributed by atoms with van der Waals surface area (Å²) in [4.78, 5) is 27.3. The summed E-state index contributed by atoms with van der Waals surface area (Å²) in [6, 6.07) is 12.2. The number of anilines is 2. The zero-order valence-electron chi connectivity index (χ0n) is 14.4. The Kier molecular flexibility index (Phi) is 5.64. The van der Waals surface area contributed by atoms with Gasteiger partial charge in [0.25, 0.3) is 11.6 Å². The Morgan fingerprint density at radius 1 is 1.22 bits per heavy atom. The zero-order valence-corrected chi connectivity index (χ0v) is 17.6. The number of hydrogen-bond acceptors (Lipinski definition) is 6. The average molecular weight is 464 g/mol. The van der Waals surface area contributed by atoms with Crippen molar-refractivity contribution in [3.8, 4) is 0 Å². The minimum atomic E-state index is -0.473. The highest BCUT2D eigenvalue weighted by molar-refractivity contribution is 9.10. The van der Waals surface area contributed by atoms with Gasteiger partial charge >= 0.3 is 0 Å². The number of nitrogens with zero attached hydrogens (tertiary/aromatic N) is 3. The van der Waals surface area contributed by atoms with Gasteiger partial charge in [0.2, 0.25) is 0 Å². The van der Waals surface area contributed by atoms with Gasteiger partial charge in [0.15, 0.2) is 4.32 Å². The summed E-state index contributed by atoms with van der Waals surface area (Å²) in [5.74, 6) is -0.242. The van der Waals surface area contributed by atoms with Gasteiger partial charge in [-0.25, -0.2) is 0 Å². The standard InChI is InChI=1S/C18H14BrN3O3S2/c1-20(2)12-4-6-13(7-5-12)21-17(23)16(27-18(21)26)10-11-3-8-14(19)15(9-11)22(24)25/h3-10H,1-2H3/b16-10-. The number of nitro groups is 1. The number of carbonyl (C=O) groups is 1. The van der Waals surface area contributed by atoms with Crippen LogP contribution in [0.25, 0.3) is 6.08 Å². The van der Waals surface area contributed by atoms with Crippen LogP contribution in [0.5, 0.6) is 0 Å². The van der Waals surface area contributed by atoms with Gasteiger partial charge < -0.3 is 4.90 Å². The summed E-state index contributed by atoms with van der Waals surface area (Å²) in [5, 5.41) is 11.1. The summed E-state index contributed by atoms with van der Waals surface area (Å²) in [7, 11) is 3.88. The largest absolute Gasteiger partial charge is 0.378 e. The smallest absolute Gasteiger partial charge is 0.284 e. The number of thiocarbonyl (C=S) groups is 1. The first kappa shape index (κ1) is 19.5. The van der Waals surface area contributed by atoms with Gasteiger partial charge in [-0.2, -0.15) is 0 Å². The average Bonchev–Trinajstić information content (AvgIpc) is 2.90. The highest BCUT2D eigenvalue weighted by Crippen LogP contribution is 2.37. The summed E-state index contributed by atoms with van der Waals surface area (Å²) in [5.41, 5.74) is 2.21. The molecule has 1 aliphatic rings. The van der Waals surface area contributed by atoms with Crippen LogP contribution in [0, 0.1) is 10.1 Å². The molecule has 6 nitrogen and oxygen atoms in total. The van der Waals surface area contributed by atoms with E-state index in [0.717, 1.165) is 5.69 Å². The Bertz CT molecular complexity index is 974. The maximum atomic E-state index is 12.8. The molecular weight excluding hydrogens is 450 g/mol. The lowest BCUT2D eigenvalue weighted by atomic mass is 10.2. The summed E-state index contributed by atoms with van der Waals surface area (Å²) < 4.78 is 0.814. The molecule has 2 aromatic carbocycles. The molecule has 1 aliphatic heterocycles. The van der Waals surface area contributed by atoms with E-state index in [2.05, 4.69) is 15.9 Å². The Morgan fingerprint density at radius 3 is 2.48 bits per heavy atom. The number of rotatable bonds is 4. The first-order chi connectivity index (χ1) is 12.8. The van der Waals surface area contributed by atoms with E-state index in [4.69, 9.17) is 12.2 Å². The number of halogens is 1. The van der Waals surface area contributed by atoms with Crippen LogP contribution in [0.15, 0.2) is 51.8 Å². The van der Waals surface area contributed by atoms with Crippen molar-refractivity contribution >= 4 is 73.3 Å². The van der Waals surface area contributed by atoms with Crippen molar-refractivity contribution in [2.45, 2.75) is 0 Å². The lowest BCUT2D eigenvalue weighted by Crippen LogP contribution is -2.27. The van der Waals surface area contributed by atoms with E-state index in [1.54, 1.807) is 18.2 Å². The third-order valence-corrected chi connectivity index (χ3v) is 5.86. The maximum Gasteiger partial charge on any atom is 0.284 e. The molecule has 0 bridgehead atoms. The van der Waals surface area contributed by atoms with Crippen LogP contribution in [0.4, 0.5) is 17.1 Å². The number of benzene rings is 2. The molecule has 0 radical (unpaired) electrons. The number of nitro benzene ring substituents is 1. The highest BCUT2D eigenvalue weighted by Gasteiger charge is 2.33. The quantitative estimate of drug-likeness (QED) is 0.280. The van der Waals surface area contributed by atoms with Crippen molar-refractivity contribution in [3.05, 3.63) is 67.5 Å². The molecule has 138 valence electrons. The van der Waals surface area contributed by atoms with Crippen molar-refractivity contribution in [2.75, 3.05) is 23.9 Å². The van der Waals surface area contributed by atoms with Gasteiger partial charge in [0.05, 0.1) is 20.0 Å². The molecule has 0 atom stereocenters. The Balaban J connectivity index is 1.91. The lowest BCUT2D eigenvalue weighted by Gasteiger charge is -2.17. The fraction of sp³-hybridized carbons (Fsp3) is 0.111. The molecule has 0 unspecified atom stereocenters. The molecule has 2 aromatic rings. The molecule has 0 N–H and O–H groups in total. The van der Waals surface area contributed by atoms with Crippen LogP contribution in [0.1, 0.15) is 5.56 Å². The molecule has 3 rings (SSSR count). The molecular formula is C18H14BrN3O3S2. The number of amides is 1. The summed E-state index contributed by atoms with van der Waals surface area (Å²) in [6.07, 6.45) is 1.62. The van der Waals surface area contributed by atoms with Crippen LogP contribution in [0.2, 0.25) is 0 Å². The van der Waals surface area contributed by atoms with Gasteiger partial charge in [-0.05, 0) is 57.9 Å². The zero-order chi connectivity index (χ0) is 19.7. The van der Waals surface area contributed by atoms with Crippen molar-refractivity contribution in [1.29, 1.82) is 0 Å². The fourth-order valence-corrected chi connectivity index (χ4v) is 4.19. The van der Waals surface area contributed by atoms with Crippen molar-refractivity contribution in [1.82, 2.24) is 0 Å². The minimum absolute atomic E-state index is 0.0569. The van der Waals surface area contributed by atoms with Gasteiger partial charge in [-0.1, -0.05) is 30.0 Å². The second-order valence-electron chi connectivity index (χ2n) is 5.90. The van der Waals surface area contributed by atoms with Crippen LogP contribution < -0.4 is 9.80 Å². The first-order valence-corrected chi connectivity index (χ1v) is 9.79. The van der Waals surface area contributed by atoms with E-state index in [1.165, 1.54) is 22.7 Å². The molecule has 27 heavy (non-hydrogen) atoms. The predicted molar refractivity (Wildman–Crippen MR) is 117 cm³/mol. The highest BCUT2D eigenvalue weighted by atomic mass is 79.9. The van der Waals surface area contributed by atoms with E-state index in [9.17, 15) is 14.9 Å². The van der Waals surface area contributed by atoms with Gasteiger partial charge in [0.1, 0.15) is 0 Å². The molecule has 1 amide bonds. The molecule has 0 aliphatic carbocycles. The monoisotopic (exact) mass is 463 g/mol. The number of hydrogen-bond donors (Lipinski definition) is 0. The maximum absolute atomic E-state index is 12.8. The van der Waals surface area contributed by atoms with Crippen LogP contribution in [-0.4, -0.2) is 29.2 Å². The number of carbonyl (C=O) groups excluding carboxylic acids is 1. The Labute approximate surface area is 174 Å². The van der Waals surface area contributed by atoms with E-state index in [0.29, 0.717) is 24.9 Å². The molecule has 1 saturated heterocycles. The first-order valence-electron chi connectivity index (χ1n) is 7.77. The van der Waals surface area contributed by atoms with Crippen molar-refractivity contribution in [2.24, 2.45) is 0 Å². The summed E-state index contributed by atoms with van der Waals surface area (Å²) in [6.45, 7) is 0. The second-order valence-corrected chi connectivity index (χ2v) is 8.43. The Hall–Kier alpha value is -2.23. The molecule has 0 spiro atoms. The van der Waals surface area contributed by atoms with Crippen LogP contribution >= 0.6 is 39.9 Å². The van der Waals surface area contributed by atoms with E-state index in [-0.39, 0.29) is 11.6 Å². The summed E-state index contributed by atoms with van der Waals surface area (Å²) >= 11 is 9.70. The normalized spacial score (nSPS) is 15.5. The van der Waals surface area contributed by atoms with Crippen molar-refractivity contribution in [3.63, 3.8) is 0 Å². The van der Waals surface area contributed by atoms with Crippen LogP contribution in [-0.2, 0) is 4.79 Å². The lowest BCUT2D eigenvalue weighted by molar-refractivity contribution is -0.385. The third-order valence-electron chi connectivity index (χ3n) is 3.88. The fourth-order valence-electron chi connectivity index (χ4n) is 2.50.